The third kappa shape index (κ3) is 2.57. The molecule has 1 aliphatic carbocycles. The molecule has 3 heterocycles. The summed E-state index contributed by atoms with van der Waals surface area (Å²) in [4.78, 5) is 13.2. The van der Waals surface area contributed by atoms with E-state index in [2.05, 4.69) is 30.6 Å². The van der Waals surface area contributed by atoms with Crippen molar-refractivity contribution in [2.45, 2.75) is 38.3 Å². The van der Waals surface area contributed by atoms with Gasteiger partial charge in [-0.2, -0.15) is 9.67 Å². The molecule has 5 rings (SSSR count). The van der Waals surface area contributed by atoms with E-state index in [9.17, 15) is 5.11 Å². The quantitative estimate of drug-likeness (QED) is 0.576. The number of aliphatic hydroxyl groups is 1. The van der Waals surface area contributed by atoms with Gasteiger partial charge < -0.3 is 14.8 Å². The summed E-state index contributed by atoms with van der Waals surface area (Å²) in [5.74, 6) is 1.13. The van der Waals surface area contributed by atoms with Crippen LogP contribution in [-0.4, -0.2) is 47.2 Å². The van der Waals surface area contributed by atoms with Crippen molar-refractivity contribution in [3.8, 4) is 5.69 Å². The number of aliphatic hydroxyl groups excluding tert-OH is 1. The van der Waals surface area contributed by atoms with Gasteiger partial charge in [0.2, 0.25) is 5.95 Å². The molecular weight excluding hydrogens is 334 g/mol. The molecule has 0 bridgehead atoms. The first kappa shape index (κ1) is 15.2. The number of hydrogen-bond donors (Lipinski definition) is 2. The van der Waals surface area contributed by atoms with Gasteiger partial charge in [0.1, 0.15) is 5.52 Å². The molecule has 2 unspecified atom stereocenters. The molecule has 0 amide bonds. The van der Waals surface area contributed by atoms with E-state index in [-0.39, 0.29) is 12.1 Å². The van der Waals surface area contributed by atoms with Crippen molar-refractivity contribution in [3.63, 3.8) is 0 Å². The Balaban J connectivity index is 1.53. The van der Waals surface area contributed by atoms with Crippen LogP contribution in [-0.2, 0) is 0 Å². The van der Waals surface area contributed by atoms with E-state index < -0.39 is 0 Å². The zero-order chi connectivity index (χ0) is 17.7. The van der Waals surface area contributed by atoms with E-state index in [1.165, 1.54) is 0 Å². The largest absolute Gasteiger partial charge is 0.441 e. The summed E-state index contributed by atoms with van der Waals surface area (Å²) in [6.45, 7) is 1.82. The Morgan fingerprint density at radius 1 is 1.23 bits per heavy atom. The molecule has 0 saturated heterocycles. The maximum absolute atomic E-state index is 9.68. The van der Waals surface area contributed by atoms with Crippen LogP contribution in [0.4, 0.5) is 5.95 Å². The first-order valence-corrected chi connectivity index (χ1v) is 8.56. The summed E-state index contributed by atoms with van der Waals surface area (Å²) in [5.41, 5.74) is 3.49. The number of hydrogen-bond acceptors (Lipinski definition) is 8. The second-order valence-electron chi connectivity index (χ2n) is 6.60. The Morgan fingerprint density at radius 2 is 2.15 bits per heavy atom. The molecule has 0 aliphatic heterocycles. The Kier molecular flexibility index (Phi) is 3.35. The van der Waals surface area contributed by atoms with Crippen LogP contribution in [0.25, 0.3) is 28.0 Å². The molecular formula is C17H17N7O2. The van der Waals surface area contributed by atoms with Crippen LogP contribution in [0.5, 0.6) is 0 Å². The normalized spacial score (nSPS) is 20.2. The average molecular weight is 351 g/mol. The summed E-state index contributed by atoms with van der Waals surface area (Å²) in [7, 11) is 0. The molecule has 132 valence electrons. The van der Waals surface area contributed by atoms with Crippen LogP contribution >= 0.6 is 0 Å². The molecule has 2 atom stereocenters. The molecule has 1 aliphatic rings. The Morgan fingerprint density at radius 3 is 3.00 bits per heavy atom. The maximum Gasteiger partial charge on any atom is 0.225 e. The molecule has 1 aromatic carbocycles. The van der Waals surface area contributed by atoms with Crippen molar-refractivity contribution in [1.82, 2.24) is 29.9 Å². The lowest BCUT2D eigenvalue weighted by Crippen LogP contribution is -2.18. The topological polar surface area (TPSA) is 115 Å². The Labute approximate surface area is 148 Å². The first-order chi connectivity index (χ1) is 12.7. The molecule has 0 spiro atoms. The average Bonchev–Trinajstić information content (AvgIpc) is 3.31. The number of fused-ring (bicyclic) bond motifs is 2. The molecule has 0 radical (unpaired) electrons. The number of oxazole rings is 1. The van der Waals surface area contributed by atoms with Crippen LogP contribution in [0.15, 0.2) is 28.8 Å². The van der Waals surface area contributed by atoms with Gasteiger partial charge in [-0.3, -0.25) is 0 Å². The molecule has 9 nitrogen and oxygen atoms in total. The van der Waals surface area contributed by atoms with Crippen LogP contribution in [0, 0.1) is 6.92 Å². The van der Waals surface area contributed by atoms with Gasteiger partial charge >= 0.3 is 0 Å². The lowest BCUT2D eigenvalue weighted by Gasteiger charge is -2.11. The van der Waals surface area contributed by atoms with Crippen LogP contribution in [0.2, 0.25) is 0 Å². The monoisotopic (exact) mass is 351 g/mol. The van der Waals surface area contributed by atoms with Crippen LogP contribution in [0.3, 0.4) is 0 Å². The van der Waals surface area contributed by atoms with Crippen molar-refractivity contribution < 1.29 is 9.52 Å². The maximum atomic E-state index is 9.68. The lowest BCUT2D eigenvalue weighted by molar-refractivity contribution is 0.182. The van der Waals surface area contributed by atoms with Gasteiger partial charge in [0.25, 0.3) is 0 Å². The molecule has 1 saturated carbocycles. The van der Waals surface area contributed by atoms with Gasteiger partial charge in [-0.1, -0.05) is 5.21 Å². The number of anilines is 1. The zero-order valence-corrected chi connectivity index (χ0v) is 14.1. The van der Waals surface area contributed by atoms with Gasteiger partial charge in [-0.05, 0) is 31.4 Å². The minimum atomic E-state index is -0.250. The second-order valence-corrected chi connectivity index (χ2v) is 6.60. The number of benzene rings is 1. The number of aromatic nitrogens is 6. The molecule has 2 N–H and O–H groups in total. The highest BCUT2D eigenvalue weighted by atomic mass is 16.3. The third-order valence-corrected chi connectivity index (χ3v) is 4.65. The summed E-state index contributed by atoms with van der Waals surface area (Å²) >= 11 is 0. The highest BCUT2D eigenvalue weighted by molar-refractivity contribution is 5.77. The predicted octanol–water partition coefficient (Wildman–Crippen LogP) is 1.99. The van der Waals surface area contributed by atoms with Gasteiger partial charge in [0, 0.05) is 19.0 Å². The van der Waals surface area contributed by atoms with Crippen molar-refractivity contribution in [2.24, 2.45) is 0 Å². The van der Waals surface area contributed by atoms with E-state index >= 15 is 0 Å². The summed E-state index contributed by atoms with van der Waals surface area (Å²) in [5, 5.41) is 21.3. The summed E-state index contributed by atoms with van der Waals surface area (Å²) < 4.78 is 7.26. The van der Waals surface area contributed by atoms with Gasteiger partial charge in [-0.15, -0.1) is 5.10 Å². The molecule has 1 fully saturated rings. The minimum Gasteiger partial charge on any atom is -0.441 e. The van der Waals surface area contributed by atoms with E-state index in [4.69, 9.17) is 4.42 Å². The fraction of sp³-hybridized carbons (Fsp3) is 0.353. The van der Waals surface area contributed by atoms with Gasteiger partial charge in [0.15, 0.2) is 22.6 Å². The molecule has 9 heteroatoms. The van der Waals surface area contributed by atoms with Gasteiger partial charge in [-0.25, -0.2) is 9.97 Å². The van der Waals surface area contributed by atoms with E-state index in [1.807, 2.05) is 25.1 Å². The number of aryl methyl sites for hydroxylation is 1. The predicted molar refractivity (Wildman–Crippen MR) is 94.0 cm³/mol. The SMILES string of the molecule is Cc1nc2ccc(-n3nnc4cnc(NC5CCC(O)C5)nc43)cc2o1. The van der Waals surface area contributed by atoms with E-state index in [0.29, 0.717) is 35.0 Å². The van der Waals surface area contributed by atoms with Crippen molar-refractivity contribution >= 4 is 28.2 Å². The lowest BCUT2D eigenvalue weighted by atomic mass is 10.2. The van der Waals surface area contributed by atoms with E-state index in [0.717, 1.165) is 24.0 Å². The first-order valence-electron chi connectivity index (χ1n) is 8.56. The van der Waals surface area contributed by atoms with E-state index in [1.54, 1.807) is 10.9 Å². The number of nitrogens with one attached hydrogen (secondary N) is 1. The third-order valence-electron chi connectivity index (χ3n) is 4.65. The standard InChI is InChI=1S/C17H17N7O2/c1-9-19-13-5-3-11(7-15(13)26-9)24-16-14(22-23-24)8-18-17(21-16)20-10-2-4-12(25)6-10/h3,5,7-8,10,12,25H,2,4,6H2,1H3,(H,18,20,21). The summed E-state index contributed by atoms with van der Waals surface area (Å²) in [6, 6.07) is 5.84. The number of rotatable bonds is 3. The summed E-state index contributed by atoms with van der Waals surface area (Å²) in [6.07, 6.45) is 3.81. The van der Waals surface area contributed by atoms with Gasteiger partial charge in [0.05, 0.1) is 18.0 Å². The smallest absolute Gasteiger partial charge is 0.225 e. The Bertz CT molecular complexity index is 1100. The molecule has 26 heavy (non-hydrogen) atoms. The fourth-order valence-electron chi connectivity index (χ4n) is 3.40. The molecule has 3 aromatic heterocycles. The fourth-order valence-corrected chi connectivity index (χ4v) is 3.40. The highest BCUT2D eigenvalue weighted by Crippen LogP contribution is 2.24. The van der Waals surface area contributed by atoms with Crippen molar-refractivity contribution in [3.05, 3.63) is 30.3 Å². The van der Waals surface area contributed by atoms with Crippen LogP contribution < -0.4 is 5.32 Å². The highest BCUT2D eigenvalue weighted by Gasteiger charge is 2.23. The van der Waals surface area contributed by atoms with Crippen molar-refractivity contribution in [1.29, 1.82) is 0 Å². The van der Waals surface area contributed by atoms with Crippen molar-refractivity contribution in [2.75, 3.05) is 5.32 Å². The zero-order valence-electron chi connectivity index (χ0n) is 14.1. The number of nitrogens with zero attached hydrogens (tertiary/aromatic N) is 6. The second kappa shape index (κ2) is 5.73. The van der Waals surface area contributed by atoms with Crippen LogP contribution in [0.1, 0.15) is 25.2 Å². The Hall–Kier alpha value is -3.07. The minimum absolute atomic E-state index is 0.181. The molecule has 4 aromatic rings.